The van der Waals surface area contributed by atoms with Crippen molar-refractivity contribution in [2.24, 2.45) is 50.2 Å². The number of carboxylic acids is 1. The maximum Gasteiger partial charge on any atom is 0.337 e. The van der Waals surface area contributed by atoms with Gasteiger partial charge in [0.1, 0.15) is 23.7 Å². The summed E-state index contributed by atoms with van der Waals surface area (Å²) in [5, 5.41) is 42.0. The SMILES string of the molecule is COC(=O)CCC1=CC2(C)C(CCC3(C)C2CCC2(C)C3C(=O)C=C3C4CC(C)(C(=O)O)CCC4(C)CCC32C)N1CCSC1OC(C(=O)OC)C(O)C(O)C1O. The van der Waals surface area contributed by atoms with E-state index in [2.05, 4.69) is 45.6 Å². The Labute approximate surface area is 341 Å². The zero-order valence-corrected chi connectivity index (χ0v) is 35.9. The molecule has 4 saturated carbocycles. The molecule has 2 aliphatic heterocycles. The number of hydrogen-bond donors (Lipinski definition) is 4. The first kappa shape index (κ1) is 42.7. The Bertz CT molecular complexity index is 1730. The summed E-state index contributed by atoms with van der Waals surface area (Å²) < 4.78 is 15.6. The molecule has 0 aromatic rings. The second-order valence-corrected chi connectivity index (χ2v) is 21.4. The number of carbonyl (C=O) groups is 4. The van der Waals surface area contributed by atoms with Gasteiger partial charge in [0.2, 0.25) is 0 Å². The molecule has 15 atom stereocenters. The van der Waals surface area contributed by atoms with Crippen LogP contribution in [-0.2, 0) is 33.4 Å². The summed E-state index contributed by atoms with van der Waals surface area (Å²) in [5.41, 5.74) is -0.639. The average molecular weight is 816 g/mol. The van der Waals surface area contributed by atoms with Gasteiger partial charge in [-0.05, 0) is 111 Å². The topological polar surface area (TPSA) is 180 Å². The third-order valence-corrected chi connectivity index (χ3v) is 18.6. The van der Waals surface area contributed by atoms with Crippen LogP contribution in [0.2, 0.25) is 0 Å². The monoisotopic (exact) mass is 815 g/mol. The predicted octanol–water partition coefficient (Wildman–Crippen LogP) is 5.27. The molecule has 13 heteroatoms. The quantitative estimate of drug-likeness (QED) is 0.222. The number of thioether (sulfide) groups is 1. The zero-order valence-electron chi connectivity index (χ0n) is 35.0. The third kappa shape index (κ3) is 6.36. The molecule has 0 aromatic heterocycles. The maximum absolute atomic E-state index is 15.0. The Kier molecular flexibility index (Phi) is 10.9. The molecule has 2 heterocycles. The molecule has 12 nitrogen and oxygen atoms in total. The van der Waals surface area contributed by atoms with Crippen molar-refractivity contribution in [3.8, 4) is 0 Å². The van der Waals surface area contributed by atoms with Gasteiger partial charge >= 0.3 is 17.9 Å². The first-order valence-corrected chi connectivity index (χ1v) is 22.1. The number of aliphatic hydroxyl groups is 3. The van der Waals surface area contributed by atoms with E-state index in [4.69, 9.17) is 14.2 Å². The number of aliphatic hydroxyl groups excluding tert-OH is 3. The van der Waals surface area contributed by atoms with Crippen molar-refractivity contribution in [1.82, 2.24) is 4.90 Å². The molecule has 4 N–H and O–H groups in total. The van der Waals surface area contributed by atoms with Gasteiger partial charge in [0, 0.05) is 35.4 Å². The molecule has 0 spiro atoms. The standard InChI is InChI=1S/C44H65NO11S/c1-39-15-16-40(2,38(52)53)23-26(39)25-21-27(46)35-41(3)13-12-29-42(4,28(41)11-14-44(35,6)43(25,5)18-17-39)22-24(9-10-30(47)54-7)45(29)19-20-57-37-33(50)31(48)32(49)34(56-37)36(51)55-8/h21-22,26,28-29,31-35,37,48-50H,9-20,23H2,1-8H3,(H,52,53). The van der Waals surface area contributed by atoms with Gasteiger partial charge in [0.15, 0.2) is 11.9 Å². The first-order valence-electron chi connectivity index (χ1n) is 21.1. The van der Waals surface area contributed by atoms with Crippen LogP contribution in [0.25, 0.3) is 0 Å². The highest BCUT2D eigenvalue weighted by molar-refractivity contribution is 7.99. The fourth-order valence-electron chi connectivity index (χ4n) is 13.8. The van der Waals surface area contributed by atoms with Crippen molar-refractivity contribution in [2.75, 3.05) is 26.5 Å². The largest absolute Gasteiger partial charge is 0.481 e. The fraction of sp³-hybridized carbons (Fsp3) is 0.818. The zero-order chi connectivity index (χ0) is 41.7. The summed E-state index contributed by atoms with van der Waals surface area (Å²) in [6, 6.07) is 0.104. The summed E-state index contributed by atoms with van der Waals surface area (Å²) in [5.74, 6) is -1.12. The molecule has 7 rings (SSSR count). The summed E-state index contributed by atoms with van der Waals surface area (Å²) in [7, 11) is 2.56. The van der Waals surface area contributed by atoms with Crippen molar-refractivity contribution in [3.63, 3.8) is 0 Å². The first-order chi connectivity index (χ1) is 26.6. The summed E-state index contributed by atoms with van der Waals surface area (Å²) in [4.78, 5) is 54.7. The van der Waals surface area contributed by atoms with Crippen molar-refractivity contribution >= 4 is 35.5 Å². The Morgan fingerprint density at radius 3 is 2.28 bits per heavy atom. The summed E-state index contributed by atoms with van der Waals surface area (Å²) in [6.07, 6.45) is 6.69. The molecule has 5 aliphatic carbocycles. The molecule has 318 valence electrons. The van der Waals surface area contributed by atoms with E-state index in [9.17, 15) is 39.6 Å². The smallest absolute Gasteiger partial charge is 0.337 e. The highest BCUT2D eigenvalue weighted by atomic mass is 32.2. The van der Waals surface area contributed by atoms with Crippen molar-refractivity contribution in [3.05, 3.63) is 23.4 Å². The van der Waals surface area contributed by atoms with Gasteiger partial charge in [-0.2, -0.15) is 0 Å². The normalized spacial score (nSPS) is 47.6. The number of esters is 2. The van der Waals surface area contributed by atoms with Crippen LogP contribution in [0.5, 0.6) is 0 Å². The number of ketones is 1. The second kappa shape index (κ2) is 14.6. The minimum absolute atomic E-state index is 0.0152. The minimum atomic E-state index is -1.62. The number of nitrogens with zero attached hydrogens (tertiary/aromatic N) is 1. The molecule has 57 heavy (non-hydrogen) atoms. The van der Waals surface area contributed by atoms with E-state index in [0.717, 1.165) is 50.6 Å². The Morgan fingerprint density at radius 2 is 1.61 bits per heavy atom. The minimum Gasteiger partial charge on any atom is -0.481 e. The van der Waals surface area contributed by atoms with Gasteiger partial charge in [0.25, 0.3) is 0 Å². The lowest BCUT2D eigenvalue weighted by Crippen LogP contribution is -2.67. The maximum atomic E-state index is 15.0. The number of carbonyl (C=O) groups excluding carboxylic acids is 3. The van der Waals surface area contributed by atoms with Crippen molar-refractivity contribution < 1.29 is 53.8 Å². The highest BCUT2D eigenvalue weighted by Crippen LogP contribution is 2.76. The van der Waals surface area contributed by atoms with Crippen LogP contribution in [0.1, 0.15) is 112 Å². The van der Waals surface area contributed by atoms with Gasteiger partial charge in [-0.15, -0.1) is 11.8 Å². The molecule has 0 radical (unpaired) electrons. The predicted molar refractivity (Wildman–Crippen MR) is 212 cm³/mol. The van der Waals surface area contributed by atoms with E-state index in [-0.39, 0.29) is 69.0 Å². The molecule has 1 saturated heterocycles. The summed E-state index contributed by atoms with van der Waals surface area (Å²) in [6.45, 7) is 14.2. The van der Waals surface area contributed by atoms with Gasteiger partial charge in [-0.25, -0.2) is 4.79 Å². The van der Waals surface area contributed by atoms with E-state index >= 15 is 0 Å². The number of carboxylic acid groups (broad SMARTS) is 1. The third-order valence-electron chi connectivity index (χ3n) is 17.4. The molecule has 15 unspecified atom stereocenters. The van der Waals surface area contributed by atoms with Crippen LogP contribution >= 0.6 is 11.8 Å². The lowest BCUT2D eigenvalue weighted by Gasteiger charge is -2.70. The fourth-order valence-corrected chi connectivity index (χ4v) is 14.9. The molecular weight excluding hydrogens is 751 g/mol. The molecule has 7 aliphatic rings. The van der Waals surface area contributed by atoms with Gasteiger partial charge in [-0.3, -0.25) is 14.4 Å². The number of ether oxygens (including phenoxy) is 3. The number of hydrogen-bond acceptors (Lipinski definition) is 12. The average Bonchev–Trinajstić information content (AvgIpc) is 3.45. The van der Waals surface area contributed by atoms with Crippen LogP contribution < -0.4 is 0 Å². The molecule has 5 fully saturated rings. The summed E-state index contributed by atoms with van der Waals surface area (Å²) >= 11 is 1.26. The van der Waals surface area contributed by atoms with E-state index in [0.29, 0.717) is 31.6 Å². The van der Waals surface area contributed by atoms with E-state index < -0.39 is 47.2 Å². The Morgan fingerprint density at radius 1 is 0.912 bits per heavy atom. The number of methoxy groups -OCH3 is 2. The lowest BCUT2D eigenvalue weighted by atomic mass is 9.33. The highest BCUT2D eigenvalue weighted by Gasteiger charge is 2.71. The van der Waals surface area contributed by atoms with Crippen LogP contribution in [0, 0.1) is 50.2 Å². The second-order valence-electron chi connectivity index (χ2n) is 20.2. The molecule has 0 amide bonds. The van der Waals surface area contributed by atoms with Crippen LogP contribution in [0.4, 0.5) is 0 Å². The molecule has 0 aromatic carbocycles. The van der Waals surface area contributed by atoms with Crippen molar-refractivity contribution in [2.45, 2.75) is 148 Å². The number of aliphatic carboxylic acids is 1. The van der Waals surface area contributed by atoms with Gasteiger partial charge in [0.05, 0.1) is 26.1 Å². The number of allylic oxidation sites excluding steroid dienone is 3. The Hall–Kier alpha value is -2.45. The number of rotatable bonds is 9. The van der Waals surface area contributed by atoms with E-state index in [1.165, 1.54) is 31.6 Å². The van der Waals surface area contributed by atoms with Crippen LogP contribution in [0.15, 0.2) is 23.4 Å². The van der Waals surface area contributed by atoms with E-state index in [1.807, 2.05) is 13.0 Å². The van der Waals surface area contributed by atoms with E-state index in [1.54, 1.807) is 0 Å². The van der Waals surface area contributed by atoms with Crippen LogP contribution in [0.3, 0.4) is 0 Å². The van der Waals surface area contributed by atoms with Gasteiger partial charge in [-0.1, -0.05) is 46.3 Å². The lowest BCUT2D eigenvalue weighted by molar-refractivity contribution is -0.211. The van der Waals surface area contributed by atoms with Crippen molar-refractivity contribution in [1.29, 1.82) is 0 Å². The number of fused-ring (bicyclic) bond motifs is 9. The van der Waals surface area contributed by atoms with Crippen LogP contribution in [-0.4, -0.2) is 111 Å². The molecule has 0 bridgehead atoms. The van der Waals surface area contributed by atoms with Gasteiger partial charge < -0.3 is 39.5 Å². The Balaban J connectivity index is 1.16. The molecular formula is C44H65NO11S.